The third-order valence-corrected chi connectivity index (χ3v) is 8.04. The normalized spacial score (nSPS) is 25.0. The summed E-state index contributed by atoms with van der Waals surface area (Å²) in [6, 6.07) is 18.5. The van der Waals surface area contributed by atoms with Crippen molar-refractivity contribution in [3.8, 4) is 16.9 Å². The number of carbonyl (C=O) groups is 1. The molecule has 1 amide bonds. The predicted octanol–water partition coefficient (Wildman–Crippen LogP) is 5.24. The van der Waals surface area contributed by atoms with E-state index in [2.05, 4.69) is 41.4 Å². The van der Waals surface area contributed by atoms with E-state index in [9.17, 15) is 9.90 Å². The van der Waals surface area contributed by atoms with E-state index < -0.39 is 5.60 Å². The second-order valence-electron chi connectivity index (χ2n) is 10.0. The second kappa shape index (κ2) is 8.68. The standard InChI is InChI=1S/C29H30N2O4/c1-34-22-13-19(16-30-17-22)29(33)14-20-7-6-8-21(15-29)31(20)28(32)35-18-27-25-11-4-2-9-23(25)24-10-3-5-12-26(24)27/h2-5,9-13,16-17,20-21,27,33H,6-8,14-15,18H2,1H3. The maximum Gasteiger partial charge on any atom is 0.410 e. The summed E-state index contributed by atoms with van der Waals surface area (Å²) < 4.78 is 11.3. The number of piperidine rings is 2. The average Bonchev–Trinajstić information content (AvgIpc) is 3.20. The molecule has 2 atom stereocenters. The SMILES string of the molecule is COc1cncc(C2(O)CC3CCCC(C2)N3C(=O)OCC2c3ccccc3-c3ccccc32)c1. The Labute approximate surface area is 205 Å². The van der Waals surface area contributed by atoms with Gasteiger partial charge in [-0.2, -0.15) is 0 Å². The minimum atomic E-state index is -1.03. The number of nitrogens with zero attached hydrogens (tertiary/aromatic N) is 2. The van der Waals surface area contributed by atoms with Crippen LogP contribution in [0.25, 0.3) is 11.1 Å². The molecule has 6 rings (SSSR count). The zero-order chi connectivity index (χ0) is 24.0. The van der Waals surface area contributed by atoms with Crippen LogP contribution < -0.4 is 4.74 Å². The van der Waals surface area contributed by atoms with E-state index in [1.165, 1.54) is 22.3 Å². The van der Waals surface area contributed by atoms with E-state index in [-0.39, 0.29) is 24.1 Å². The summed E-state index contributed by atoms with van der Waals surface area (Å²) in [7, 11) is 1.60. The van der Waals surface area contributed by atoms with Crippen molar-refractivity contribution in [3.63, 3.8) is 0 Å². The molecule has 0 saturated carbocycles. The maximum atomic E-state index is 13.4. The molecule has 2 aromatic carbocycles. The molecule has 35 heavy (non-hydrogen) atoms. The number of aliphatic hydroxyl groups is 1. The van der Waals surface area contributed by atoms with Crippen molar-refractivity contribution in [1.82, 2.24) is 9.88 Å². The molecule has 2 saturated heterocycles. The molecular formula is C29H30N2O4. The summed E-state index contributed by atoms with van der Waals surface area (Å²) in [6.07, 6.45) is 6.80. The number of pyridine rings is 1. The molecular weight excluding hydrogens is 440 g/mol. The highest BCUT2D eigenvalue weighted by Gasteiger charge is 2.49. The Hall–Kier alpha value is -3.38. The lowest BCUT2D eigenvalue weighted by atomic mass is 9.73. The molecule has 0 radical (unpaired) electrons. The van der Waals surface area contributed by atoms with Crippen LogP contribution in [0.1, 0.15) is 54.7 Å². The monoisotopic (exact) mass is 470 g/mol. The van der Waals surface area contributed by atoms with Gasteiger partial charge in [0.1, 0.15) is 12.4 Å². The summed E-state index contributed by atoms with van der Waals surface area (Å²) in [6.45, 7) is 0.312. The van der Waals surface area contributed by atoms with Gasteiger partial charge in [-0.05, 0) is 47.6 Å². The van der Waals surface area contributed by atoms with Crippen LogP contribution in [0.5, 0.6) is 5.75 Å². The summed E-state index contributed by atoms with van der Waals surface area (Å²) in [4.78, 5) is 19.6. The topological polar surface area (TPSA) is 71.9 Å². The number of benzene rings is 2. The molecule has 1 aromatic heterocycles. The van der Waals surface area contributed by atoms with Crippen LogP contribution in [0.4, 0.5) is 4.79 Å². The van der Waals surface area contributed by atoms with Crippen molar-refractivity contribution in [2.75, 3.05) is 13.7 Å². The van der Waals surface area contributed by atoms with Gasteiger partial charge in [0.15, 0.2) is 0 Å². The van der Waals surface area contributed by atoms with E-state index in [0.717, 1.165) is 24.8 Å². The molecule has 180 valence electrons. The van der Waals surface area contributed by atoms with Gasteiger partial charge in [-0.3, -0.25) is 4.98 Å². The molecule has 2 unspecified atom stereocenters. The van der Waals surface area contributed by atoms with Crippen molar-refractivity contribution in [2.24, 2.45) is 0 Å². The number of carbonyl (C=O) groups excluding carboxylic acids is 1. The van der Waals surface area contributed by atoms with Gasteiger partial charge in [0.05, 0.1) is 18.9 Å². The number of amides is 1. The molecule has 1 aliphatic carbocycles. The highest BCUT2D eigenvalue weighted by Crippen LogP contribution is 2.46. The van der Waals surface area contributed by atoms with Gasteiger partial charge in [0.2, 0.25) is 0 Å². The van der Waals surface area contributed by atoms with Crippen LogP contribution in [0.2, 0.25) is 0 Å². The van der Waals surface area contributed by atoms with Crippen molar-refractivity contribution in [2.45, 2.75) is 55.7 Å². The van der Waals surface area contributed by atoms with E-state index in [1.807, 2.05) is 23.1 Å². The van der Waals surface area contributed by atoms with Gasteiger partial charge in [-0.15, -0.1) is 0 Å². The van der Waals surface area contributed by atoms with E-state index >= 15 is 0 Å². The zero-order valence-corrected chi connectivity index (χ0v) is 19.9. The lowest BCUT2D eigenvalue weighted by molar-refractivity contribution is -0.0893. The number of fused-ring (bicyclic) bond motifs is 5. The van der Waals surface area contributed by atoms with E-state index in [0.29, 0.717) is 25.2 Å². The summed E-state index contributed by atoms with van der Waals surface area (Å²) in [5, 5.41) is 11.6. The van der Waals surface area contributed by atoms with Crippen LogP contribution in [-0.2, 0) is 10.3 Å². The van der Waals surface area contributed by atoms with Crippen LogP contribution in [-0.4, -0.2) is 46.9 Å². The third kappa shape index (κ3) is 3.76. The van der Waals surface area contributed by atoms with Crippen molar-refractivity contribution in [1.29, 1.82) is 0 Å². The lowest BCUT2D eigenvalue weighted by Crippen LogP contribution is -2.59. The van der Waals surface area contributed by atoms with Crippen molar-refractivity contribution in [3.05, 3.63) is 83.7 Å². The molecule has 6 heteroatoms. The molecule has 3 heterocycles. The second-order valence-corrected chi connectivity index (χ2v) is 10.0. The fraction of sp³-hybridized carbons (Fsp3) is 0.379. The Morgan fingerprint density at radius 3 is 2.29 bits per heavy atom. The minimum Gasteiger partial charge on any atom is -0.495 e. The Morgan fingerprint density at radius 1 is 1.03 bits per heavy atom. The third-order valence-electron chi connectivity index (χ3n) is 8.04. The van der Waals surface area contributed by atoms with Gasteiger partial charge >= 0.3 is 6.09 Å². The quantitative estimate of drug-likeness (QED) is 0.564. The van der Waals surface area contributed by atoms with Gasteiger partial charge in [0.25, 0.3) is 0 Å². The fourth-order valence-corrected chi connectivity index (χ4v) is 6.42. The highest BCUT2D eigenvalue weighted by molar-refractivity contribution is 5.79. The number of hydrogen-bond donors (Lipinski definition) is 1. The molecule has 3 aromatic rings. The number of hydrogen-bond acceptors (Lipinski definition) is 5. The Kier molecular flexibility index (Phi) is 5.49. The zero-order valence-electron chi connectivity index (χ0n) is 19.9. The first-order valence-corrected chi connectivity index (χ1v) is 12.4. The molecule has 2 fully saturated rings. The molecule has 2 bridgehead atoms. The predicted molar refractivity (Wildman–Crippen MR) is 132 cm³/mol. The van der Waals surface area contributed by atoms with E-state index in [4.69, 9.17) is 9.47 Å². The molecule has 2 aliphatic heterocycles. The molecule has 0 spiro atoms. The smallest absolute Gasteiger partial charge is 0.410 e. The Morgan fingerprint density at radius 2 is 1.66 bits per heavy atom. The van der Waals surface area contributed by atoms with Gasteiger partial charge in [0, 0.05) is 42.6 Å². The fourth-order valence-electron chi connectivity index (χ4n) is 6.42. The largest absolute Gasteiger partial charge is 0.495 e. The van der Waals surface area contributed by atoms with Crippen LogP contribution >= 0.6 is 0 Å². The first kappa shape index (κ1) is 22.1. The van der Waals surface area contributed by atoms with Gasteiger partial charge < -0.3 is 19.5 Å². The van der Waals surface area contributed by atoms with Crippen LogP contribution in [0.15, 0.2) is 67.0 Å². The minimum absolute atomic E-state index is 0.0378. The molecule has 3 aliphatic rings. The maximum absolute atomic E-state index is 13.4. The number of methoxy groups -OCH3 is 1. The van der Waals surface area contributed by atoms with E-state index in [1.54, 1.807) is 19.5 Å². The number of rotatable bonds is 4. The average molecular weight is 471 g/mol. The molecule has 1 N–H and O–H groups in total. The van der Waals surface area contributed by atoms with Crippen molar-refractivity contribution >= 4 is 6.09 Å². The summed E-state index contributed by atoms with van der Waals surface area (Å²) in [5.41, 5.74) is 4.57. The summed E-state index contributed by atoms with van der Waals surface area (Å²) >= 11 is 0. The number of ether oxygens (including phenoxy) is 2. The van der Waals surface area contributed by atoms with Gasteiger partial charge in [-0.1, -0.05) is 48.5 Å². The highest BCUT2D eigenvalue weighted by atomic mass is 16.6. The summed E-state index contributed by atoms with van der Waals surface area (Å²) in [5.74, 6) is 0.663. The Balaban J connectivity index is 1.20. The van der Waals surface area contributed by atoms with Crippen LogP contribution in [0.3, 0.4) is 0 Å². The molecule has 6 nitrogen and oxygen atoms in total. The van der Waals surface area contributed by atoms with Crippen LogP contribution in [0, 0.1) is 0 Å². The van der Waals surface area contributed by atoms with Crippen molar-refractivity contribution < 1.29 is 19.4 Å². The lowest BCUT2D eigenvalue weighted by Gasteiger charge is -2.51. The number of aromatic nitrogens is 1. The first-order valence-electron chi connectivity index (χ1n) is 12.4. The first-order chi connectivity index (χ1) is 17.1. The Bertz CT molecular complexity index is 1200. The van der Waals surface area contributed by atoms with Gasteiger partial charge in [-0.25, -0.2) is 4.79 Å².